The number of amides is 1. The molecule has 2 aromatic carbocycles. The SMILES string of the molecule is CC(=O)c1ccccc1C(=O)N1CCCN(CCCc2ccccc2)CC1. The van der Waals surface area contributed by atoms with Gasteiger partial charge in [0.15, 0.2) is 5.78 Å². The van der Waals surface area contributed by atoms with Crippen molar-refractivity contribution in [1.29, 1.82) is 0 Å². The van der Waals surface area contributed by atoms with Crippen LogP contribution in [-0.2, 0) is 6.42 Å². The lowest BCUT2D eigenvalue weighted by Gasteiger charge is -2.22. The molecule has 0 unspecified atom stereocenters. The van der Waals surface area contributed by atoms with Gasteiger partial charge < -0.3 is 9.80 Å². The molecule has 0 aliphatic carbocycles. The smallest absolute Gasteiger partial charge is 0.254 e. The van der Waals surface area contributed by atoms with Crippen LogP contribution in [0.2, 0.25) is 0 Å². The molecule has 0 aromatic heterocycles. The summed E-state index contributed by atoms with van der Waals surface area (Å²) in [7, 11) is 0. The molecule has 1 fully saturated rings. The number of nitrogens with zero attached hydrogens (tertiary/aromatic N) is 2. The summed E-state index contributed by atoms with van der Waals surface area (Å²) >= 11 is 0. The quantitative estimate of drug-likeness (QED) is 0.735. The third-order valence-electron chi connectivity index (χ3n) is 5.20. The average Bonchev–Trinajstić information content (AvgIpc) is 2.94. The number of benzene rings is 2. The normalized spacial score (nSPS) is 15.4. The summed E-state index contributed by atoms with van der Waals surface area (Å²) in [4.78, 5) is 29.1. The van der Waals surface area contributed by atoms with E-state index in [1.807, 2.05) is 23.1 Å². The Balaban J connectivity index is 1.54. The van der Waals surface area contributed by atoms with Gasteiger partial charge in [0.1, 0.15) is 0 Å². The number of hydrogen-bond acceptors (Lipinski definition) is 3. The Hall–Kier alpha value is -2.46. The van der Waals surface area contributed by atoms with Gasteiger partial charge in [-0.15, -0.1) is 0 Å². The van der Waals surface area contributed by atoms with Crippen LogP contribution in [0, 0.1) is 0 Å². The predicted molar refractivity (Wildman–Crippen MR) is 108 cm³/mol. The first kappa shape index (κ1) is 19.3. The van der Waals surface area contributed by atoms with E-state index < -0.39 is 0 Å². The molecule has 0 atom stereocenters. The molecule has 0 bridgehead atoms. The van der Waals surface area contributed by atoms with Crippen LogP contribution in [-0.4, -0.2) is 54.2 Å². The summed E-state index contributed by atoms with van der Waals surface area (Å²) in [6.45, 7) is 5.95. The predicted octanol–water partition coefficient (Wildman–Crippen LogP) is 3.67. The fraction of sp³-hybridized carbons (Fsp3) is 0.391. The van der Waals surface area contributed by atoms with E-state index >= 15 is 0 Å². The lowest BCUT2D eigenvalue weighted by atomic mass is 10.0. The molecule has 1 heterocycles. The van der Waals surface area contributed by atoms with E-state index in [9.17, 15) is 9.59 Å². The van der Waals surface area contributed by atoms with Gasteiger partial charge in [0.25, 0.3) is 5.91 Å². The number of Topliss-reactive ketones (excluding diaryl/α,β-unsaturated/α-hetero) is 1. The van der Waals surface area contributed by atoms with E-state index in [1.54, 1.807) is 12.1 Å². The van der Waals surface area contributed by atoms with E-state index in [0.29, 0.717) is 11.1 Å². The summed E-state index contributed by atoms with van der Waals surface area (Å²) in [6, 6.07) is 17.7. The van der Waals surface area contributed by atoms with E-state index in [2.05, 4.69) is 29.2 Å². The zero-order valence-electron chi connectivity index (χ0n) is 16.1. The van der Waals surface area contributed by atoms with Crippen molar-refractivity contribution >= 4 is 11.7 Å². The number of carbonyl (C=O) groups excluding carboxylic acids is 2. The van der Waals surface area contributed by atoms with Crippen molar-refractivity contribution in [3.8, 4) is 0 Å². The Morgan fingerprint density at radius 2 is 1.56 bits per heavy atom. The maximum atomic E-state index is 12.9. The van der Waals surface area contributed by atoms with E-state index in [-0.39, 0.29) is 11.7 Å². The highest BCUT2D eigenvalue weighted by Crippen LogP contribution is 2.15. The minimum atomic E-state index is -0.0590. The lowest BCUT2D eigenvalue weighted by molar-refractivity contribution is 0.0756. The van der Waals surface area contributed by atoms with Gasteiger partial charge >= 0.3 is 0 Å². The summed E-state index contributed by atoms with van der Waals surface area (Å²) in [5.74, 6) is -0.0803. The molecule has 0 radical (unpaired) electrons. The van der Waals surface area contributed by atoms with Gasteiger partial charge in [-0.1, -0.05) is 48.5 Å². The highest BCUT2D eigenvalue weighted by molar-refractivity contribution is 6.07. The number of ketones is 1. The summed E-state index contributed by atoms with van der Waals surface area (Å²) in [5.41, 5.74) is 2.43. The molecule has 0 spiro atoms. The van der Waals surface area contributed by atoms with Crippen molar-refractivity contribution < 1.29 is 9.59 Å². The van der Waals surface area contributed by atoms with Crippen LogP contribution in [0.4, 0.5) is 0 Å². The average molecular weight is 364 g/mol. The molecule has 4 nitrogen and oxygen atoms in total. The second kappa shape index (κ2) is 9.47. The molecule has 0 saturated carbocycles. The van der Waals surface area contributed by atoms with Gasteiger partial charge in [0.2, 0.25) is 0 Å². The molecule has 27 heavy (non-hydrogen) atoms. The molecule has 1 aliphatic heterocycles. The van der Waals surface area contributed by atoms with Gasteiger partial charge in [0, 0.05) is 25.2 Å². The second-order valence-corrected chi connectivity index (χ2v) is 7.18. The van der Waals surface area contributed by atoms with Crippen LogP contribution < -0.4 is 0 Å². The van der Waals surface area contributed by atoms with Gasteiger partial charge in [-0.2, -0.15) is 0 Å². The highest BCUT2D eigenvalue weighted by Gasteiger charge is 2.22. The van der Waals surface area contributed by atoms with Crippen LogP contribution in [0.1, 0.15) is 46.0 Å². The molecule has 142 valence electrons. The Morgan fingerprint density at radius 1 is 0.852 bits per heavy atom. The fourth-order valence-electron chi connectivity index (χ4n) is 3.70. The van der Waals surface area contributed by atoms with Crippen LogP contribution in [0.25, 0.3) is 0 Å². The first-order chi connectivity index (χ1) is 13.1. The number of rotatable bonds is 6. The van der Waals surface area contributed by atoms with E-state index in [1.165, 1.54) is 12.5 Å². The zero-order valence-corrected chi connectivity index (χ0v) is 16.1. The van der Waals surface area contributed by atoms with Gasteiger partial charge in [-0.3, -0.25) is 9.59 Å². The number of hydrogen-bond donors (Lipinski definition) is 0. The third kappa shape index (κ3) is 5.27. The van der Waals surface area contributed by atoms with Gasteiger partial charge in [0.05, 0.1) is 5.56 Å². The molecule has 1 saturated heterocycles. The molecule has 4 heteroatoms. The Morgan fingerprint density at radius 3 is 2.30 bits per heavy atom. The summed E-state index contributed by atoms with van der Waals surface area (Å²) in [6.07, 6.45) is 3.19. The first-order valence-electron chi connectivity index (χ1n) is 9.80. The number of aryl methyl sites for hydroxylation is 1. The monoisotopic (exact) mass is 364 g/mol. The maximum Gasteiger partial charge on any atom is 0.254 e. The van der Waals surface area contributed by atoms with Gasteiger partial charge in [-0.25, -0.2) is 0 Å². The molecule has 1 aliphatic rings. The lowest BCUT2D eigenvalue weighted by Crippen LogP contribution is -2.36. The molecule has 2 aromatic rings. The van der Waals surface area contributed by atoms with Gasteiger partial charge in [-0.05, 0) is 50.9 Å². The Bertz CT molecular complexity index is 773. The molecule has 0 N–H and O–H groups in total. The second-order valence-electron chi connectivity index (χ2n) is 7.18. The van der Waals surface area contributed by atoms with E-state index in [4.69, 9.17) is 0 Å². The van der Waals surface area contributed by atoms with Crippen LogP contribution in [0.15, 0.2) is 54.6 Å². The number of carbonyl (C=O) groups is 2. The van der Waals surface area contributed by atoms with Crippen LogP contribution in [0.5, 0.6) is 0 Å². The minimum Gasteiger partial charge on any atom is -0.337 e. The fourth-order valence-corrected chi connectivity index (χ4v) is 3.70. The Labute approximate surface area is 161 Å². The van der Waals surface area contributed by atoms with Crippen molar-refractivity contribution in [3.63, 3.8) is 0 Å². The van der Waals surface area contributed by atoms with Crippen molar-refractivity contribution in [2.24, 2.45) is 0 Å². The summed E-state index contributed by atoms with van der Waals surface area (Å²) in [5, 5.41) is 0. The molecular formula is C23H28N2O2. The standard InChI is InChI=1S/C23H28N2O2/c1-19(26)21-12-5-6-13-22(21)23(27)25-16-8-15-24(17-18-25)14-7-11-20-9-3-2-4-10-20/h2-6,9-10,12-13H,7-8,11,14-18H2,1H3. The van der Waals surface area contributed by atoms with Crippen LogP contribution >= 0.6 is 0 Å². The molecule has 3 rings (SSSR count). The third-order valence-corrected chi connectivity index (χ3v) is 5.20. The summed E-state index contributed by atoms with van der Waals surface area (Å²) < 4.78 is 0. The molecular weight excluding hydrogens is 336 g/mol. The largest absolute Gasteiger partial charge is 0.337 e. The first-order valence-corrected chi connectivity index (χ1v) is 9.80. The van der Waals surface area contributed by atoms with E-state index in [0.717, 1.165) is 52.0 Å². The minimum absolute atomic E-state index is 0.0214. The van der Waals surface area contributed by atoms with Crippen molar-refractivity contribution in [2.45, 2.75) is 26.2 Å². The topological polar surface area (TPSA) is 40.6 Å². The van der Waals surface area contributed by atoms with Crippen molar-refractivity contribution in [3.05, 3.63) is 71.3 Å². The highest BCUT2D eigenvalue weighted by atomic mass is 16.2. The zero-order chi connectivity index (χ0) is 19.1. The Kier molecular flexibility index (Phi) is 6.77. The maximum absolute atomic E-state index is 12.9. The van der Waals surface area contributed by atoms with Crippen molar-refractivity contribution in [1.82, 2.24) is 9.80 Å². The van der Waals surface area contributed by atoms with Crippen molar-refractivity contribution in [2.75, 3.05) is 32.7 Å². The molecule has 1 amide bonds. The van der Waals surface area contributed by atoms with Crippen LogP contribution in [0.3, 0.4) is 0 Å².